The molecule has 8 aromatic heterocycles. The lowest BCUT2D eigenvalue weighted by Gasteiger charge is -2.02. The Bertz CT molecular complexity index is 6670. The number of rotatable bonds is 10. The van der Waals surface area contributed by atoms with Gasteiger partial charge in [-0.1, -0.05) is 24.3 Å². The number of nitrogens with zero attached hydrogens (tertiary/aromatic N) is 8. The van der Waals surface area contributed by atoms with Crippen LogP contribution in [0.4, 0.5) is 0 Å². The average molecular weight is 1470 g/mol. The molecule has 16 rings (SSSR count). The molecular weight excluding hydrogens is 1430 g/mol. The summed E-state index contributed by atoms with van der Waals surface area (Å²) in [5, 5.41) is 0. The van der Waals surface area contributed by atoms with Crippen molar-refractivity contribution in [1.29, 1.82) is 0 Å². The molecule has 14 N–H and O–H groups in total. The van der Waals surface area contributed by atoms with Crippen LogP contribution in [0.1, 0.15) is 22.3 Å². The Morgan fingerprint density at radius 2 is 0.500 bits per heavy atom. The van der Waals surface area contributed by atoms with Crippen LogP contribution in [-0.4, -0.2) is 158 Å². The van der Waals surface area contributed by atoms with Gasteiger partial charge in [0.05, 0.1) is 86.4 Å². The quantitative estimate of drug-likeness (QED) is 0.0567. The molecule has 0 aliphatic rings. The van der Waals surface area contributed by atoms with Crippen molar-refractivity contribution in [2.24, 2.45) is 0 Å². The molecule has 0 saturated carbocycles. The van der Waals surface area contributed by atoms with Crippen LogP contribution >= 0.6 is 0 Å². The highest BCUT2D eigenvalue weighted by Crippen LogP contribution is 2.33. The lowest BCUT2D eigenvalue weighted by molar-refractivity contribution is 0.478. The van der Waals surface area contributed by atoms with Gasteiger partial charge in [-0.15, -0.1) is 0 Å². The Morgan fingerprint density at radius 3 is 0.840 bits per heavy atom. The maximum atomic E-state index is 11.7. The predicted molar refractivity (Wildman–Crippen MR) is 363 cm³/mol. The summed E-state index contributed by atoms with van der Waals surface area (Å²) in [5.41, 5.74) is 10.9. The maximum Gasteiger partial charge on any atom is 0.296 e. The topological polar surface area (TPSA) is 556 Å². The Balaban J connectivity index is 0.000000120. The molecule has 100 heavy (non-hydrogen) atoms. The molecule has 512 valence electrons. The molecule has 0 radical (unpaired) electrons. The van der Waals surface area contributed by atoms with Crippen LogP contribution in [-0.2, 0) is 60.7 Å². The van der Waals surface area contributed by atoms with E-state index in [0.717, 1.165) is 44.8 Å². The lowest BCUT2D eigenvalue weighted by atomic mass is 10.2. The van der Waals surface area contributed by atoms with Crippen molar-refractivity contribution in [2.75, 3.05) is 0 Å². The third-order valence-electron chi connectivity index (χ3n) is 15.1. The van der Waals surface area contributed by atoms with Gasteiger partial charge in [0, 0.05) is 0 Å². The summed E-state index contributed by atoms with van der Waals surface area (Å²) in [7, 11) is -27.0. The predicted octanol–water partition coefficient (Wildman–Crippen LogP) is 9.14. The summed E-state index contributed by atoms with van der Waals surface area (Å²) in [6.07, 6.45) is 0. The Morgan fingerprint density at radius 1 is 0.240 bits per heavy atom. The average Bonchev–Trinajstić information content (AvgIpc) is 1.58. The zero-order valence-corrected chi connectivity index (χ0v) is 56.2. The van der Waals surface area contributed by atoms with Crippen molar-refractivity contribution in [3.05, 3.63) is 156 Å². The van der Waals surface area contributed by atoms with Gasteiger partial charge in [0.25, 0.3) is 60.7 Å². The number of hydrogen-bond acceptors (Lipinski definition) is 20. The van der Waals surface area contributed by atoms with Crippen molar-refractivity contribution >= 4 is 149 Å². The van der Waals surface area contributed by atoms with Gasteiger partial charge < -0.3 is 39.9 Å². The number of benzene rings is 8. The number of nitrogens with one attached hydrogen (secondary N) is 8. The number of aryl methyl sites for hydroxylation is 4. The molecule has 0 bridgehead atoms. The van der Waals surface area contributed by atoms with Gasteiger partial charge in [-0.2, -0.15) is 50.5 Å². The van der Waals surface area contributed by atoms with Crippen LogP contribution in [0.25, 0.3) is 135 Å². The van der Waals surface area contributed by atoms with Crippen LogP contribution in [0.3, 0.4) is 0 Å². The zero-order chi connectivity index (χ0) is 71.5. The van der Waals surface area contributed by atoms with Crippen LogP contribution in [0.2, 0.25) is 0 Å². The molecule has 0 saturated heterocycles. The monoisotopic (exact) mass is 1470 g/mol. The third kappa shape index (κ3) is 13.8. The largest absolute Gasteiger partial charge is 0.335 e. The summed E-state index contributed by atoms with van der Waals surface area (Å²) in [4.78, 5) is 56.0. The van der Waals surface area contributed by atoms with E-state index in [2.05, 4.69) is 79.7 Å². The molecule has 0 atom stereocenters. The van der Waals surface area contributed by atoms with Gasteiger partial charge in [-0.05, 0) is 159 Å². The molecule has 0 amide bonds. The maximum absolute atomic E-state index is 11.7. The van der Waals surface area contributed by atoms with E-state index in [1.165, 1.54) is 48.5 Å². The molecule has 40 heteroatoms. The molecule has 0 aliphatic carbocycles. The molecule has 8 aromatic carbocycles. The van der Waals surface area contributed by atoms with E-state index < -0.39 is 70.5 Å². The van der Waals surface area contributed by atoms with Crippen LogP contribution in [0, 0.1) is 27.7 Å². The van der Waals surface area contributed by atoms with Crippen molar-refractivity contribution in [1.82, 2.24) is 79.7 Å². The smallest absolute Gasteiger partial charge is 0.296 e. The minimum absolute atomic E-state index is 0.00983. The second-order valence-corrected chi connectivity index (χ2v) is 31.0. The first-order valence-electron chi connectivity index (χ1n) is 28.6. The zero-order valence-electron chi connectivity index (χ0n) is 51.3. The van der Waals surface area contributed by atoms with E-state index in [1.54, 1.807) is 32.0 Å². The molecule has 0 aliphatic heterocycles. The van der Waals surface area contributed by atoms with Gasteiger partial charge in [-0.25, -0.2) is 39.9 Å². The number of imidazole rings is 8. The van der Waals surface area contributed by atoms with Crippen LogP contribution in [0.15, 0.2) is 163 Å². The fourth-order valence-electron chi connectivity index (χ4n) is 10.6. The Labute approximate surface area is 562 Å². The summed E-state index contributed by atoms with van der Waals surface area (Å²) < 4.78 is 193. The summed E-state index contributed by atoms with van der Waals surface area (Å²) >= 11 is 0. The highest BCUT2D eigenvalue weighted by atomic mass is 32.2. The van der Waals surface area contributed by atoms with Gasteiger partial charge in [-0.3, -0.25) is 27.3 Å². The van der Waals surface area contributed by atoms with Gasteiger partial charge in [0.15, 0.2) is 46.6 Å². The lowest BCUT2D eigenvalue weighted by Crippen LogP contribution is -2.04. The SMILES string of the molecule is Cc1cc(S(=O)(=O)O)c2nc(-c3nc4c(S(=O)(=O)O)cc(C)cc4[nH]3)[nH]c2c1.Cc1ccc2nc(-c3nc4c(S(=O)(=O)O)cc(S(=O)(=O)O)cc4[nH]3)[nH]c2c1.Cc1ccc2nc(-c3nc4ccc(S(=O)(=O)O)cc4[nH]3)[nH]c2c1.O=S(=O)(O)c1ccc2nc(-c3nc4ccccc4[nH]3)[nH]c2c1. The number of aromatic nitrogens is 16. The Hall–Kier alpha value is -11.0. The molecule has 0 fully saturated rings. The molecule has 34 nitrogen and oxygen atoms in total. The number of aromatic amines is 8. The highest BCUT2D eigenvalue weighted by molar-refractivity contribution is 7.87. The minimum atomic E-state index is -4.80. The van der Waals surface area contributed by atoms with E-state index in [4.69, 9.17) is 9.11 Å². The molecule has 0 unspecified atom stereocenters. The van der Waals surface area contributed by atoms with Crippen LogP contribution in [0.5, 0.6) is 0 Å². The number of para-hydroxylation sites is 2. The molecule has 8 heterocycles. The second-order valence-electron chi connectivity index (χ2n) is 22.6. The van der Waals surface area contributed by atoms with E-state index in [0.29, 0.717) is 84.9 Å². The van der Waals surface area contributed by atoms with Crippen molar-refractivity contribution in [3.63, 3.8) is 0 Å². The summed E-state index contributed by atoms with van der Waals surface area (Å²) in [6.45, 7) is 7.24. The molecule has 0 spiro atoms. The van der Waals surface area contributed by atoms with Crippen molar-refractivity contribution < 1.29 is 77.8 Å². The molecule has 16 aromatic rings. The number of H-pyrrole nitrogens is 8. The minimum Gasteiger partial charge on any atom is -0.335 e. The molecular formula is C60H48N16O18S6. The standard InChI is InChI=1S/C16H14N4O6S2.C15H12N4O6S2.C15H12N4O3S.C14H10N4O3S/c1-7-3-9-13(11(5-7)27(21,22)23)19-15(17-9)16-18-10-4-8(2)6-12(14(10)20-16)28(24,25)26;1-7-2-3-9-10(4-7)17-14(16-9)15-18-11-5-8(26(20,21)22)6-12(13(11)19-15)27(23,24)25;1-8-2-4-10-12(6-8)18-14(16-10)15-17-11-5-3-9(23(20,21)22)7-13(11)19-15;19-22(20,21)8-5-6-11-12(7-8)18-14(17-11)13-15-9-3-1-2-4-10(9)16-13/h3-6H,1-2H3,(H,17,19)(H,18,20)(H,21,22,23)(H,24,25,26);2-6H,1H3,(H,16,17)(H,18,19)(H,20,21,22)(H,23,24,25);2-7H,1H3,(H,16,18)(H,17,19)(H,20,21,22);1-7H,(H,15,16)(H,17,18)(H,19,20,21). The van der Waals surface area contributed by atoms with Gasteiger partial charge in [0.1, 0.15) is 31.2 Å². The van der Waals surface area contributed by atoms with Gasteiger partial charge >= 0.3 is 0 Å². The summed E-state index contributed by atoms with van der Waals surface area (Å²) in [5.74, 6) is 2.83. The first-order valence-corrected chi connectivity index (χ1v) is 37.3. The van der Waals surface area contributed by atoms with Crippen LogP contribution < -0.4 is 0 Å². The number of fused-ring (bicyclic) bond motifs is 8. The first kappa shape index (κ1) is 67.5. The fraction of sp³-hybridized carbons (Fsp3) is 0.0667. The van der Waals surface area contributed by atoms with E-state index in [-0.39, 0.29) is 59.1 Å². The van der Waals surface area contributed by atoms with E-state index in [9.17, 15) is 68.7 Å². The first-order chi connectivity index (χ1) is 46.9. The van der Waals surface area contributed by atoms with Gasteiger partial charge in [0.2, 0.25) is 0 Å². The highest BCUT2D eigenvalue weighted by Gasteiger charge is 2.26. The Kier molecular flexibility index (Phi) is 16.5. The fourth-order valence-corrected chi connectivity index (χ4v) is 14.4. The second kappa shape index (κ2) is 24.5. The van der Waals surface area contributed by atoms with Crippen molar-refractivity contribution in [3.8, 4) is 46.6 Å². The van der Waals surface area contributed by atoms with Crippen molar-refractivity contribution in [2.45, 2.75) is 57.1 Å². The summed E-state index contributed by atoms with van der Waals surface area (Å²) in [6, 6.07) is 34.9. The third-order valence-corrected chi connectivity index (χ3v) is 20.2. The number of hydrogen-bond donors (Lipinski definition) is 14. The normalized spacial score (nSPS) is 12.6. The van der Waals surface area contributed by atoms with E-state index in [1.807, 2.05) is 68.4 Å². The van der Waals surface area contributed by atoms with E-state index >= 15 is 0 Å².